The van der Waals surface area contributed by atoms with Crippen LogP contribution in [-0.2, 0) is 0 Å². The summed E-state index contributed by atoms with van der Waals surface area (Å²) < 4.78 is 6.52. The molecule has 1 aliphatic heterocycles. The van der Waals surface area contributed by atoms with Gasteiger partial charge in [0.1, 0.15) is 11.3 Å². The number of para-hydroxylation sites is 1. The Kier molecular flexibility index (Phi) is 5.79. The van der Waals surface area contributed by atoms with Gasteiger partial charge in [-0.1, -0.05) is 59.9 Å². The molecule has 1 fully saturated rings. The largest absolute Gasteiger partial charge is 0.494 e. The number of fused-ring (bicyclic) bond motifs is 1. The van der Waals surface area contributed by atoms with Crippen molar-refractivity contribution in [3.05, 3.63) is 89.5 Å². The number of benzene rings is 3. The number of thiazole rings is 1. The molecular weight excluding hydrogens is 434 g/mol. The van der Waals surface area contributed by atoms with E-state index in [4.69, 9.17) is 9.72 Å². The van der Waals surface area contributed by atoms with E-state index in [0.29, 0.717) is 29.8 Å². The van der Waals surface area contributed by atoms with Crippen LogP contribution in [0.25, 0.3) is 10.2 Å². The number of methoxy groups -OCH3 is 1. The predicted octanol–water partition coefficient (Wildman–Crippen LogP) is 4.50. The highest BCUT2D eigenvalue weighted by molar-refractivity contribution is 7.22. The fourth-order valence-corrected chi connectivity index (χ4v) is 5.05. The number of hydrogen-bond donors (Lipinski definition) is 0. The van der Waals surface area contributed by atoms with E-state index in [1.807, 2.05) is 41.3 Å². The number of rotatable bonds is 5. The summed E-state index contributed by atoms with van der Waals surface area (Å²) in [6, 6.07) is 22.0. The van der Waals surface area contributed by atoms with Crippen molar-refractivity contribution in [2.45, 2.75) is 0 Å². The number of aromatic nitrogens is 1. The third-order valence-electron chi connectivity index (χ3n) is 5.86. The van der Waals surface area contributed by atoms with Crippen LogP contribution in [0.2, 0.25) is 0 Å². The molecule has 0 spiro atoms. The summed E-state index contributed by atoms with van der Waals surface area (Å²) in [7, 11) is 1.66. The predicted molar refractivity (Wildman–Crippen MR) is 131 cm³/mol. The molecule has 0 N–H and O–H groups in total. The Morgan fingerprint density at radius 1 is 0.818 bits per heavy atom. The SMILES string of the molecule is COc1cccc2sc(N3CCN(C(=O)c4ccc(C(=O)c5ccccc5)cc4)CC3)nc12. The molecule has 3 aromatic carbocycles. The van der Waals surface area contributed by atoms with Crippen molar-refractivity contribution in [1.29, 1.82) is 0 Å². The highest BCUT2D eigenvalue weighted by Crippen LogP contribution is 2.34. The number of nitrogens with zero attached hydrogens (tertiary/aromatic N) is 3. The normalized spacial score (nSPS) is 13.8. The second-order valence-electron chi connectivity index (χ2n) is 7.86. The number of carbonyl (C=O) groups is 2. The van der Waals surface area contributed by atoms with Gasteiger partial charge >= 0.3 is 0 Å². The maximum absolute atomic E-state index is 13.0. The summed E-state index contributed by atoms with van der Waals surface area (Å²) in [5.74, 6) is 0.716. The van der Waals surface area contributed by atoms with Crippen molar-refractivity contribution in [1.82, 2.24) is 9.88 Å². The molecule has 1 aliphatic rings. The highest BCUT2D eigenvalue weighted by Gasteiger charge is 2.24. The number of ketones is 1. The zero-order chi connectivity index (χ0) is 22.8. The van der Waals surface area contributed by atoms with Gasteiger partial charge in [0.25, 0.3) is 5.91 Å². The number of anilines is 1. The Morgan fingerprint density at radius 3 is 2.18 bits per heavy atom. The van der Waals surface area contributed by atoms with E-state index < -0.39 is 0 Å². The van der Waals surface area contributed by atoms with Gasteiger partial charge in [0.2, 0.25) is 0 Å². The first-order chi connectivity index (χ1) is 16.1. The molecule has 4 aromatic rings. The third-order valence-corrected chi connectivity index (χ3v) is 6.94. The minimum absolute atomic E-state index is 0.0145. The zero-order valence-electron chi connectivity index (χ0n) is 18.2. The van der Waals surface area contributed by atoms with Crippen molar-refractivity contribution in [2.24, 2.45) is 0 Å². The molecule has 0 radical (unpaired) electrons. The van der Waals surface area contributed by atoms with Crippen molar-refractivity contribution in [2.75, 3.05) is 38.2 Å². The van der Waals surface area contributed by atoms with Gasteiger partial charge in [-0.25, -0.2) is 4.98 Å². The van der Waals surface area contributed by atoms with Crippen LogP contribution in [0.3, 0.4) is 0 Å². The van der Waals surface area contributed by atoms with Gasteiger partial charge in [-0.05, 0) is 24.3 Å². The van der Waals surface area contributed by atoms with Crippen molar-refractivity contribution in [3.8, 4) is 5.75 Å². The van der Waals surface area contributed by atoms with Crippen molar-refractivity contribution < 1.29 is 14.3 Å². The van der Waals surface area contributed by atoms with Gasteiger partial charge < -0.3 is 14.5 Å². The molecular formula is C26H23N3O3S. The van der Waals surface area contributed by atoms with E-state index in [-0.39, 0.29) is 11.7 Å². The van der Waals surface area contributed by atoms with E-state index in [2.05, 4.69) is 4.90 Å². The average molecular weight is 458 g/mol. The summed E-state index contributed by atoms with van der Waals surface area (Å²) >= 11 is 1.64. The topological polar surface area (TPSA) is 62.7 Å². The maximum Gasteiger partial charge on any atom is 0.253 e. The average Bonchev–Trinajstić information content (AvgIpc) is 3.33. The van der Waals surface area contributed by atoms with E-state index in [0.717, 1.165) is 34.2 Å². The van der Waals surface area contributed by atoms with Crippen LogP contribution in [0.1, 0.15) is 26.3 Å². The lowest BCUT2D eigenvalue weighted by molar-refractivity contribution is 0.0746. The molecule has 1 amide bonds. The molecule has 0 bridgehead atoms. The Balaban J connectivity index is 1.24. The molecule has 7 heteroatoms. The van der Waals surface area contributed by atoms with Crippen LogP contribution in [0.15, 0.2) is 72.8 Å². The molecule has 33 heavy (non-hydrogen) atoms. The third kappa shape index (κ3) is 4.19. The molecule has 5 rings (SSSR count). The first kappa shape index (κ1) is 21.2. The number of ether oxygens (including phenoxy) is 1. The second-order valence-corrected chi connectivity index (χ2v) is 8.86. The second kappa shape index (κ2) is 9.03. The van der Waals surface area contributed by atoms with Crippen LogP contribution in [-0.4, -0.2) is 54.9 Å². The summed E-state index contributed by atoms with van der Waals surface area (Å²) in [6.07, 6.45) is 0. The monoisotopic (exact) mass is 457 g/mol. The lowest BCUT2D eigenvalue weighted by Crippen LogP contribution is -2.48. The molecule has 0 aliphatic carbocycles. The van der Waals surface area contributed by atoms with Crippen LogP contribution in [0, 0.1) is 0 Å². The van der Waals surface area contributed by atoms with Gasteiger partial charge in [0, 0.05) is 42.9 Å². The van der Waals surface area contributed by atoms with E-state index in [9.17, 15) is 9.59 Å². The summed E-state index contributed by atoms with van der Waals surface area (Å²) in [4.78, 5) is 34.5. The van der Waals surface area contributed by atoms with E-state index >= 15 is 0 Å². The summed E-state index contributed by atoms with van der Waals surface area (Å²) in [5, 5.41) is 0.949. The molecule has 0 saturated carbocycles. The van der Waals surface area contributed by atoms with Crippen LogP contribution in [0.5, 0.6) is 5.75 Å². The molecule has 166 valence electrons. The summed E-state index contributed by atoms with van der Waals surface area (Å²) in [5.41, 5.74) is 2.69. The van der Waals surface area contributed by atoms with Crippen molar-refractivity contribution in [3.63, 3.8) is 0 Å². The first-order valence-electron chi connectivity index (χ1n) is 10.8. The lowest BCUT2D eigenvalue weighted by atomic mass is 10.0. The van der Waals surface area contributed by atoms with Gasteiger partial charge in [0.05, 0.1) is 11.8 Å². The zero-order valence-corrected chi connectivity index (χ0v) is 19.0. The van der Waals surface area contributed by atoms with Gasteiger partial charge in [0.15, 0.2) is 10.9 Å². The minimum atomic E-state index is -0.0457. The highest BCUT2D eigenvalue weighted by atomic mass is 32.1. The fraction of sp³-hybridized carbons (Fsp3) is 0.192. The van der Waals surface area contributed by atoms with Crippen molar-refractivity contribution >= 4 is 38.4 Å². The lowest BCUT2D eigenvalue weighted by Gasteiger charge is -2.34. The van der Waals surface area contributed by atoms with Crippen LogP contribution < -0.4 is 9.64 Å². The van der Waals surface area contributed by atoms with E-state index in [1.54, 1.807) is 54.8 Å². The summed E-state index contributed by atoms with van der Waals surface area (Å²) in [6.45, 7) is 2.68. The molecule has 0 unspecified atom stereocenters. The Bertz CT molecular complexity index is 1290. The maximum atomic E-state index is 13.0. The number of amides is 1. The van der Waals surface area contributed by atoms with Gasteiger partial charge in [-0.15, -0.1) is 0 Å². The van der Waals surface area contributed by atoms with Crippen LogP contribution in [0.4, 0.5) is 5.13 Å². The van der Waals surface area contributed by atoms with Crippen LogP contribution >= 0.6 is 11.3 Å². The molecule has 2 heterocycles. The first-order valence-corrected chi connectivity index (χ1v) is 11.6. The fourth-order valence-electron chi connectivity index (χ4n) is 4.02. The molecule has 6 nitrogen and oxygen atoms in total. The minimum Gasteiger partial charge on any atom is -0.494 e. The molecule has 1 aromatic heterocycles. The van der Waals surface area contributed by atoms with E-state index in [1.165, 1.54) is 0 Å². The Labute approximate surface area is 196 Å². The Morgan fingerprint density at radius 2 is 1.48 bits per heavy atom. The number of carbonyl (C=O) groups excluding carboxylic acids is 2. The number of hydrogen-bond acceptors (Lipinski definition) is 6. The Hall–Kier alpha value is -3.71. The van der Waals surface area contributed by atoms with Gasteiger partial charge in [-0.2, -0.15) is 0 Å². The quantitative estimate of drug-likeness (QED) is 0.413. The van der Waals surface area contributed by atoms with Gasteiger partial charge in [-0.3, -0.25) is 9.59 Å². The smallest absolute Gasteiger partial charge is 0.253 e. The molecule has 0 atom stereocenters. The molecule has 1 saturated heterocycles. The standard InChI is InChI=1S/C26H23N3O3S/c1-32-21-8-5-9-22-23(21)27-26(33-22)29-16-14-28(15-17-29)25(31)20-12-10-19(11-13-20)24(30)18-6-3-2-4-7-18/h2-13H,14-17H2,1H3. The number of piperazine rings is 1.